The predicted octanol–water partition coefficient (Wildman–Crippen LogP) is 4.66. The molecule has 1 aromatic carbocycles. The van der Waals surface area contributed by atoms with Crippen LogP contribution in [0.5, 0.6) is 0 Å². The highest BCUT2D eigenvalue weighted by molar-refractivity contribution is 6.01. The Labute approximate surface area is 176 Å². The maximum atomic E-state index is 13.5. The number of nitrogens with one attached hydrogen (secondary N) is 1. The van der Waals surface area contributed by atoms with Crippen LogP contribution >= 0.6 is 0 Å². The first kappa shape index (κ1) is 19.0. The van der Waals surface area contributed by atoms with Crippen molar-refractivity contribution in [2.45, 2.75) is 51.6 Å². The van der Waals surface area contributed by atoms with E-state index in [1.807, 2.05) is 30.2 Å². The van der Waals surface area contributed by atoms with Crippen LogP contribution in [-0.2, 0) is 17.3 Å². The van der Waals surface area contributed by atoms with Crippen LogP contribution in [0.2, 0.25) is 0 Å². The summed E-state index contributed by atoms with van der Waals surface area (Å²) in [5, 5.41) is 16.5. The van der Waals surface area contributed by atoms with Crippen LogP contribution in [0, 0.1) is 5.41 Å². The zero-order chi connectivity index (χ0) is 21.1. The van der Waals surface area contributed by atoms with Crippen molar-refractivity contribution >= 4 is 5.78 Å². The number of benzene rings is 1. The van der Waals surface area contributed by atoms with Crippen molar-refractivity contribution in [2.24, 2.45) is 22.7 Å². The molecule has 2 atom stereocenters. The van der Waals surface area contributed by atoms with E-state index in [-0.39, 0.29) is 17.4 Å². The number of azo groups is 1. The van der Waals surface area contributed by atoms with Crippen LogP contribution in [0.1, 0.15) is 45.6 Å². The summed E-state index contributed by atoms with van der Waals surface area (Å²) in [5.41, 5.74) is 5.69. The van der Waals surface area contributed by atoms with Crippen LogP contribution in [0.15, 0.2) is 69.8 Å². The molecule has 6 heteroatoms. The zero-order valence-corrected chi connectivity index (χ0v) is 17.9. The molecular formula is C24H27N5O. The Hall–Kier alpha value is -3.02. The van der Waals surface area contributed by atoms with E-state index in [0.29, 0.717) is 6.42 Å². The lowest BCUT2D eigenvalue weighted by atomic mass is 9.58. The summed E-state index contributed by atoms with van der Waals surface area (Å²) in [6.45, 7) is 6.49. The van der Waals surface area contributed by atoms with Gasteiger partial charge in [0.05, 0.1) is 17.3 Å². The maximum Gasteiger partial charge on any atom is 0.164 e. The number of aromatic nitrogens is 2. The van der Waals surface area contributed by atoms with Gasteiger partial charge >= 0.3 is 0 Å². The van der Waals surface area contributed by atoms with Crippen molar-refractivity contribution in [3.63, 3.8) is 0 Å². The second kappa shape index (κ2) is 6.49. The Morgan fingerprint density at radius 3 is 2.80 bits per heavy atom. The van der Waals surface area contributed by atoms with Crippen LogP contribution in [0.3, 0.4) is 0 Å². The third kappa shape index (κ3) is 2.62. The Kier molecular flexibility index (Phi) is 4.10. The first-order chi connectivity index (χ1) is 14.4. The number of carbonyl (C=O) groups is 1. The molecule has 0 fully saturated rings. The number of hydrogen-bond donors (Lipinski definition) is 1. The van der Waals surface area contributed by atoms with Crippen LogP contribution in [0.25, 0.3) is 11.3 Å². The van der Waals surface area contributed by atoms with Gasteiger partial charge in [-0.3, -0.25) is 9.48 Å². The monoisotopic (exact) mass is 401 g/mol. The molecule has 1 N–H and O–H groups in total. The second-order valence-electron chi connectivity index (χ2n) is 9.34. The molecule has 3 heterocycles. The number of hydrogen-bond acceptors (Lipinski definition) is 5. The standard InChI is InChI=1S/C24H27N5O/c1-5-24(16-8-6-7-15(11-16)19-9-10-26-29(19)4)17-14-25-28-22(17)27-18-12-23(2,3)13-20(30)21(18)24/h6-11,14,22,27H,5,12-13H2,1-4H3/t22?,24-/m1/s1. The topological polar surface area (TPSA) is 71.6 Å². The van der Waals surface area contributed by atoms with Crippen molar-refractivity contribution < 1.29 is 4.79 Å². The molecule has 154 valence electrons. The average Bonchev–Trinajstić information content (AvgIpc) is 3.34. The molecular weight excluding hydrogens is 374 g/mol. The van der Waals surface area contributed by atoms with Crippen molar-refractivity contribution in [2.75, 3.05) is 0 Å². The molecule has 5 rings (SSSR count). The lowest BCUT2D eigenvalue weighted by molar-refractivity contribution is -0.119. The third-order valence-corrected chi connectivity index (χ3v) is 6.78. The highest BCUT2D eigenvalue weighted by Crippen LogP contribution is 2.53. The first-order valence-electron chi connectivity index (χ1n) is 10.6. The molecule has 0 bridgehead atoms. The van der Waals surface area contributed by atoms with E-state index >= 15 is 0 Å². The van der Waals surface area contributed by atoms with E-state index < -0.39 is 5.41 Å². The van der Waals surface area contributed by atoms with Gasteiger partial charge in [-0.1, -0.05) is 39.0 Å². The Morgan fingerprint density at radius 2 is 2.07 bits per heavy atom. The SMILES string of the molecule is CC[C@@]1(c2cccc(-c3ccnn3C)c2)C2=CN=NC2NC2=C1C(=O)CC(C)(C)C2. The molecule has 0 amide bonds. The number of rotatable bonds is 3. The van der Waals surface area contributed by atoms with Crippen molar-refractivity contribution in [3.05, 3.63) is 65.1 Å². The van der Waals surface area contributed by atoms with Gasteiger partial charge in [0.1, 0.15) is 0 Å². The van der Waals surface area contributed by atoms with Gasteiger partial charge in [0.15, 0.2) is 11.9 Å². The van der Waals surface area contributed by atoms with Gasteiger partial charge in [0, 0.05) is 42.1 Å². The summed E-state index contributed by atoms with van der Waals surface area (Å²) in [6.07, 6.45) is 5.64. The molecule has 1 aliphatic carbocycles. The molecule has 0 saturated heterocycles. The van der Waals surface area contributed by atoms with Crippen LogP contribution < -0.4 is 5.32 Å². The molecule has 1 unspecified atom stereocenters. The summed E-state index contributed by atoms with van der Waals surface area (Å²) in [4.78, 5) is 13.5. The number of nitrogens with zero attached hydrogens (tertiary/aromatic N) is 4. The van der Waals surface area contributed by atoms with E-state index in [1.54, 1.807) is 0 Å². The number of carbonyl (C=O) groups excluding carboxylic acids is 1. The van der Waals surface area contributed by atoms with Crippen molar-refractivity contribution in [1.82, 2.24) is 15.1 Å². The van der Waals surface area contributed by atoms with Gasteiger partial charge < -0.3 is 5.32 Å². The maximum absolute atomic E-state index is 13.5. The minimum atomic E-state index is -0.517. The highest BCUT2D eigenvalue weighted by Gasteiger charge is 2.52. The normalized spacial score (nSPS) is 26.9. The summed E-state index contributed by atoms with van der Waals surface area (Å²) < 4.78 is 1.88. The number of Topliss-reactive ketones (excluding diaryl/α,β-unsaturated/α-hetero) is 1. The van der Waals surface area contributed by atoms with Crippen molar-refractivity contribution in [1.29, 1.82) is 0 Å². The van der Waals surface area contributed by atoms with Crippen LogP contribution in [0.4, 0.5) is 0 Å². The zero-order valence-electron chi connectivity index (χ0n) is 17.9. The van der Waals surface area contributed by atoms with Gasteiger partial charge in [-0.15, -0.1) is 0 Å². The van der Waals surface area contributed by atoms with Gasteiger partial charge in [0.25, 0.3) is 0 Å². The number of fused-ring (bicyclic) bond motifs is 1. The lowest BCUT2D eigenvalue weighted by Crippen LogP contribution is -2.51. The third-order valence-electron chi connectivity index (χ3n) is 6.78. The lowest BCUT2D eigenvalue weighted by Gasteiger charge is -2.47. The molecule has 30 heavy (non-hydrogen) atoms. The highest BCUT2D eigenvalue weighted by atomic mass is 16.1. The quantitative estimate of drug-likeness (QED) is 0.813. The fourth-order valence-corrected chi connectivity index (χ4v) is 5.49. The number of aryl methyl sites for hydroxylation is 1. The average molecular weight is 402 g/mol. The minimum Gasteiger partial charge on any atom is -0.362 e. The summed E-state index contributed by atoms with van der Waals surface area (Å²) in [7, 11) is 1.95. The minimum absolute atomic E-state index is 0.0596. The van der Waals surface area contributed by atoms with E-state index in [4.69, 9.17) is 0 Å². The molecule has 2 aliphatic heterocycles. The Balaban J connectivity index is 1.75. The molecule has 2 aromatic rings. The molecule has 6 nitrogen and oxygen atoms in total. The molecule has 0 spiro atoms. The van der Waals surface area contributed by atoms with Crippen LogP contribution in [-0.4, -0.2) is 21.7 Å². The molecule has 3 aliphatic rings. The van der Waals surface area contributed by atoms with Gasteiger partial charge in [0.2, 0.25) is 0 Å². The van der Waals surface area contributed by atoms with E-state index in [1.165, 1.54) is 0 Å². The molecule has 0 radical (unpaired) electrons. The smallest absolute Gasteiger partial charge is 0.164 e. The predicted molar refractivity (Wildman–Crippen MR) is 116 cm³/mol. The number of allylic oxidation sites excluding steroid dienone is 2. The van der Waals surface area contributed by atoms with Gasteiger partial charge in [-0.25, -0.2) is 0 Å². The second-order valence-corrected chi connectivity index (χ2v) is 9.34. The molecule has 0 saturated carbocycles. The number of ketones is 1. The summed E-state index contributed by atoms with van der Waals surface area (Å²) >= 11 is 0. The first-order valence-corrected chi connectivity index (χ1v) is 10.6. The van der Waals surface area contributed by atoms with E-state index in [9.17, 15) is 4.79 Å². The fourth-order valence-electron chi connectivity index (χ4n) is 5.49. The summed E-state index contributed by atoms with van der Waals surface area (Å²) in [6, 6.07) is 10.5. The fraction of sp³-hybridized carbons (Fsp3) is 0.417. The Morgan fingerprint density at radius 1 is 1.23 bits per heavy atom. The molecule has 1 aromatic heterocycles. The summed E-state index contributed by atoms with van der Waals surface area (Å²) in [5.74, 6) is 0.229. The Bertz CT molecular complexity index is 1140. The van der Waals surface area contributed by atoms with Gasteiger partial charge in [-0.05, 0) is 36.0 Å². The van der Waals surface area contributed by atoms with Crippen molar-refractivity contribution in [3.8, 4) is 11.3 Å². The largest absolute Gasteiger partial charge is 0.362 e. The van der Waals surface area contributed by atoms with E-state index in [2.05, 4.69) is 65.7 Å². The van der Waals surface area contributed by atoms with E-state index in [0.717, 1.165) is 46.5 Å². The van der Waals surface area contributed by atoms with Gasteiger partial charge in [-0.2, -0.15) is 15.3 Å².